The van der Waals surface area contributed by atoms with Crippen LogP contribution in [0.25, 0.3) is 0 Å². The van der Waals surface area contributed by atoms with Gasteiger partial charge in [-0.15, -0.1) is 0 Å². The number of rotatable bonds is 4. The quantitative estimate of drug-likeness (QED) is 0.815. The number of hydrogen-bond acceptors (Lipinski definition) is 4. The van der Waals surface area contributed by atoms with Gasteiger partial charge in [0.2, 0.25) is 10.0 Å². The van der Waals surface area contributed by atoms with E-state index in [1.807, 2.05) is 0 Å². The molecular weight excluding hydrogens is 288 g/mol. The molecule has 0 spiro atoms. The Hall–Kier alpha value is -0.630. The van der Waals surface area contributed by atoms with Gasteiger partial charge in [-0.3, -0.25) is 0 Å². The summed E-state index contributed by atoms with van der Waals surface area (Å²) in [7, 11) is -3.43. The molecule has 3 N–H and O–H groups in total. The highest BCUT2D eigenvalue weighted by molar-refractivity contribution is 7.99. The Morgan fingerprint density at radius 2 is 2.06 bits per heavy atom. The van der Waals surface area contributed by atoms with E-state index in [2.05, 4.69) is 4.72 Å². The van der Waals surface area contributed by atoms with Gasteiger partial charge in [0, 0.05) is 17.4 Å². The molecule has 0 radical (unpaired) electrons. The third-order valence-electron chi connectivity index (χ3n) is 2.70. The summed E-state index contributed by atoms with van der Waals surface area (Å²) < 4.78 is 26.9. The lowest BCUT2D eigenvalue weighted by molar-refractivity contribution is 0.563. The van der Waals surface area contributed by atoms with E-state index in [1.165, 1.54) is 12.1 Å². The molecule has 1 atom stereocenters. The lowest BCUT2D eigenvalue weighted by Gasteiger charge is -2.12. The zero-order chi connectivity index (χ0) is 13.2. The maximum atomic E-state index is 12.1. The van der Waals surface area contributed by atoms with Crippen LogP contribution < -0.4 is 10.5 Å². The average molecular weight is 302 g/mol. The Bertz CT molecular complexity index is 534. The lowest BCUT2D eigenvalue weighted by atomic mass is 10.2. The van der Waals surface area contributed by atoms with Gasteiger partial charge in [0.1, 0.15) is 4.99 Å². The molecule has 4 nitrogen and oxygen atoms in total. The van der Waals surface area contributed by atoms with E-state index in [4.69, 9.17) is 18.0 Å². The van der Waals surface area contributed by atoms with Crippen molar-refractivity contribution in [1.82, 2.24) is 4.72 Å². The van der Waals surface area contributed by atoms with E-state index in [0.717, 1.165) is 17.9 Å². The van der Waals surface area contributed by atoms with Crippen LogP contribution in [0.2, 0.25) is 0 Å². The highest BCUT2D eigenvalue weighted by Crippen LogP contribution is 2.19. The van der Waals surface area contributed by atoms with Crippen LogP contribution in [-0.2, 0) is 10.0 Å². The van der Waals surface area contributed by atoms with Gasteiger partial charge in [0.05, 0.1) is 4.90 Å². The van der Waals surface area contributed by atoms with Crippen molar-refractivity contribution >= 4 is 39.0 Å². The van der Waals surface area contributed by atoms with Crippen LogP contribution in [-0.4, -0.2) is 31.0 Å². The van der Waals surface area contributed by atoms with Crippen molar-refractivity contribution in [1.29, 1.82) is 0 Å². The standard InChI is InChI=1S/C11H14N2O2S3/c12-11(16)8-1-3-10(4-2-8)18(14,15)13-9-5-6-17-7-9/h1-4,9,13H,5-7H2,(H2,12,16). The Morgan fingerprint density at radius 3 is 2.56 bits per heavy atom. The molecule has 1 aromatic rings. The first-order valence-electron chi connectivity index (χ1n) is 5.49. The van der Waals surface area contributed by atoms with Crippen LogP contribution in [0, 0.1) is 0 Å². The smallest absolute Gasteiger partial charge is 0.240 e. The maximum Gasteiger partial charge on any atom is 0.240 e. The number of nitrogens with one attached hydrogen (secondary N) is 1. The first-order valence-corrected chi connectivity index (χ1v) is 8.53. The molecule has 0 aromatic heterocycles. The summed E-state index contributed by atoms with van der Waals surface area (Å²) in [5.41, 5.74) is 6.14. The van der Waals surface area contributed by atoms with Crippen LogP contribution in [0.15, 0.2) is 29.2 Å². The SMILES string of the molecule is NC(=S)c1ccc(S(=O)(=O)NC2CCSC2)cc1. The Kier molecular flexibility index (Phi) is 4.26. The van der Waals surface area contributed by atoms with Crippen LogP contribution in [0.3, 0.4) is 0 Å². The fourth-order valence-corrected chi connectivity index (χ4v) is 4.38. The highest BCUT2D eigenvalue weighted by atomic mass is 32.2. The van der Waals surface area contributed by atoms with Crippen LogP contribution in [0.5, 0.6) is 0 Å². The maximum absolute atomic E-state index is 12.1. The molecule has 1 aliphatic heterocycles. The number of thiocarbonyl (C=S) groups is 1. The number of hydrogen-bond donors (Lipinski definition) is 2. The van der Waals surface area contributed by atoms with E-state index >= 15 is 0 Å². The van der Waals surface area contributed by atoms with E-state index < -0.39 is 10.0 Å². The predicted molar refractivity (Wildman–Crippen MR) is 78.4 cm³/mol. The van der Waals surface area contributed by atoms with Crippen LogP contribution >= 0.6 is 24.0 Å². The van der Waals surface area contributed by atoms with Crippen molar-refractivity contribution in [3.05, 3.63) is 29.8 Å². The number of thioether (sulfide) groups is 1. The Labute approximate surface area is 116 Å². The van der Waals surface area contributed by atoms with Crippen molar-refractivity contribution in [2.24, 2.45) is 5.73 Å². The molecule has 18 heavy (non-hydrogen) atoms. The van der Waals surface area contributed by atoms with Gasteiger partial charge in [-0.25, -0.2) is 13.1 Å². The summed E-state index contributed by atoms with van der Waals surface area (Å²) in [5.74, 6) is 1.85. The number of nitrogens with two attached hydrogens (primary N) is 1. The van der Waals surface area contributed by atoms with E-state index in [9.17, 15) is 8.42 Å². The molecular formula is C11H14N2O2S3. The van der Waals surface area contributed by atoms with Gasteiger partial charge in [0.15, 0.2) is 0 Å². The molecule has 2 rings (SSSR count). The van der Waals surface area contributed by atoms with Gasteiger partial charge < -0.3 is 5.73 Å². The van der Waals surface area contributed by atoms with Crippen molar-refractivity contribution in [3.63, 3.8) is 0 Å². The molecule has 0 bridgehead atoms. The van der Waals surface area contributed by atoms with Gasteiger partial charge in [-0.05, 0) is 24.3 Å². The van der Waals surface area contributed by atoms with Crippen LogP contribution in [0.4, 0.5) is 0 Å². The largest absolute Gasteiger partial charge is 0.389 e. The second-order valence-corrected chi connectivity index (χ2v) is 7.37. The second-order valence-electron chi connectivity index (χ2n) is 4.07. The monoisotopic (exact) mass is 302 g/mol. The zero-order valence-electron chi connectivity index (χ0n) is 9.63. The normalized spacial score (nSPS) is 19.9. The summed E-state index contributed by atoms with van der Waals surface area (Å²) in [6.07, 6.45) is 0.884. The van der Waals surface area contributed by atoms with Crippen molar-refractivity contribution in [2.45, 2.75) is 17.4 Å². The molecule has 1 heterocycles. The topological polar surface area (TPSA) is 72.2 Å². The molecule has 0 saturated carbocycles. The Balaban J connectivity index is 2.16. The summed E-state index contributed by atoms with van der Waals surface area (Å²) >= 11 is 6.59. The molecule has 7 heteroatoms. The fourth-order valence-electron chi connectivity index (χ4n) is 1.71. The fraction of sp³-hybridized carbons (Fsp3) is 0.364. The third kappa shape index (κ3) is 3.23. The summed E-state index contributed by atoms with van der Waals surface area (Å²) in [6.45, 7) is 0. The average Bonchev–Trinajstić information content (AvgIpc) is 2.81. The zero-order valence-corrected chi connectivity index (χ0v) is 12.1. The Morgan fingerprint density at radius 1 is 1.39 bits per heavy atom. The minimum Gasteiger partial charge on any atom is -0.389 e. The van der Waals surface area contributed by atoms with Crippen molar-refractivity contribution in [3.8, 4) is 0 Å². The molecule has 1 aromatic carbocycles. The van der Waals surface area contributed by atoms with Gasteiger partial charge >= 0.3 is 0 Å². The summed E-state index contributed by atoms with van der Waals surface area (Å²) in [6, 6.07) is 6.34. The van der Waals surface area contributed by atoms with Gasteiger partial charge in [-0.1, -0.05) is 24.4 Å². The third-order valence-corrected chi connectivity index (χ3v) is 5.64. The van der Waals surface area contributed by atoms with Crippen molar-refractivity contribution < 1.29 is 8.42 Å². The number of sulfonamides is 1. The minimum atomic E-state index is -3.43. The van der Waals surface area contributed by atoms with E-state index in [0.29, 0.717) is 5.56 Å². The summed E-state index contributed by atoms with van der Waals surface area (Å²) in [4.78, 5) is 0.513. The van der Waals surface area contributed by atoms with Gasteiger partial charge in [-0.2, -0.15) is 11.8 Å². The molecule has 0 amide bonds. The molecule has 1 fully saturated rings. The highest BCUT2D eigenvalue weighted by Gasteiger charge is 2.23. The van der Waals surface area contributed by atoms with Crippen LogP contribution in [0.1, 0.15) is 12.0 Å². The van der Waals surface area contributed by atoms with E-state index in [-0.39, 0.29) is 15.9 Å². The molecule has 98 valence electrons. The van der Waals surface area contributed by atoms with E-state index in [1.54, 1.807) is 23.9 Å². The minimum absolute atomic E-state index is 0.0373. The first-order chi connectivity index (χ1) is 8.49. The molecule has 1 unspecified atom stereocenters. The van der Waals surface area contributed by atoms with Crippen molar-refractivity contribution in [2.75, 3.05) is 11.5 Å². The summed E-state index contributed by atoms with van der Waals surface area (Å²) in [5, 5.41) is 0. The number of benzene rings is 1. The molecule has 1 saturated heterocycles. The first kappa shape index (κ1) is 13.8. The second kappa shape index (κ2) is 5.56. The molecule has 1 aliphatic rings. The lowest BCUT2D eigenvalue weighted by Crippen LogP contribution is -2.34. The van der Waals surface area contributed by atoms with Gasteiger partial charge in [0.25, 0.3) is 0 Å². The molecule has 0 aliphatic carbocycles. The predicted octanol–water partition coefficient (Wildman–Crippen LogP) is 1.10.